The van der Waals surface area contributed by atoms with Gasteiger partial charge in [0.1, 0.15) is 0 Å². The molecule has 1 saturated carbocycles. The fourth-order valence-electron chi connectivity index (χ4n) is 1.24. The van der Waals surface area contributed by atoms with Crippen LogP contribution in [0.2, 0.25) is 0 Å². The summed E-state index contributed by atoms with van der Waals surface area (Å²) in [5, 5.41) is 6.44. The van der Waals surface area contributed by atoms with Gasteiger partial charge in [-0.05, 0) is 19.8 Å². The molecule has 0 aliphatic heterocycles. The van der Waals surface area contributed by atoms with E-state index in [0.717, 1.165) is 12.5 Å². The molecule has 0 bridgehead atoms. The minimum atomic E-state index is -0.217. The van der Waals surface area contributed by atoms with Crippen LogP contribution in [0.15, 0.2) is 4.99 Å². The van der Waals surface area contributed by atoms with Crippen LogP contribution in [-0.2, 0) is 9.53 Å². The molecule has 100 valence electrons. The van der Waals surface area contributed by atoms with Gasteiger partial charge >= 0.3 is 5.97 Å². The minimum absolute atomic E-state index is 0. The second-order valence-corrected chi connectivity index (χ2v) is 4.06. The lowest BCUT2D eigenvalue weighted by molar-refractivity contribution is -0.144. The van der Waals surface area contributed by atoms with Gasteiger partial charge in [0.05, 0.1) is 19.6 Å². The van der Waals surface area contributed by atoms with E-state index in [9.17, 15) is 4.79 Å². The Morgan fingerprint density at radius 1 is 1.53 bits per heavy atom. The lowest BCUT2D eigenvalue weighted by Gasteiger charge is -2.11. The molecule has 0 aromatic rings. The standard InChI is InChI=1S/C11H21N3O2.HI/c1-4-12-11(14-9-5-6-9)13-7-8(2)10(15)16-3;/h8-9H,4-7H2,1-3H3,(H2,12,13,14);1H. The van der Waals surface area contributed by atoms with Crippen LogP contribution in [-0.4, -0.2) is 38.2 Å². The normalized spacial score (nSPS) is 16.8. The van der Waals surface area contributed by atoms with Gasteiger partial charge in [-0.25, -0.2) is 0 Å². The summed E-state index contributed by atoms with van der Waals surface area (Å²) in [6, 6.07) is 0.561. The zero-order chi connectivity index (χ0) is 12.0. The van der Waals surface area contributed by atoms with Gasteiger partial charge in [-0.15, -0.1) is 24.0 Å². The Bertz CT molecular complexity index is 267. The molecule has 0 aromatic heterocycles. The zero-order valence-corrected chi connectivity index (χ0v) is 13.0. The smallest absolute Gasteiger partial charge is 0.310 e. The lowest BCUT2D eigenvalue weighted by atomic mass is 10.2. The Kier molecular flexibility index (Phi) is 8.28. The molecule has 0 heterocycles. The van der Waals surface area contributed by atoms with E-state index in [2.05, 4.69) is 20.4 Å². The van der Waals surface area contributed by atoms with Gasteiger partial charge < -0.3 is 15.4 Å². The first-order chi connectivity index (χ1) is 7.67. The Labute approximate surface area is 120 Å². The molecule has 0 aromatic carbocycles. The lowest BCUT2D eigenvalue weighted by Crippen LogP contribution is -2.39. The van der Waals surface area contributed by atoms with Crippen molar-refractivity contribution in [1.29, 1.82) is 0 Å². The molecule has 1 atom stereocenters. The monoisotopic (exact) mass is 355 g/mol. The highest BCUT2D eigenvalue weighted by Gasteiger charge is 2.22. The number of hydrogen-bond donors (Lipinski definition) is 2. The van der Waals surface area contributed by atoms with Crippen LogP contribution >= 0.6 is 24.0 Å². The maximum atomic E-state index is 11.2. The number of ether oxygens (including phenoxy) is 1. The number of nitrogens with zero attached hydrogens (tertiary/aromatic N) is 1. The highest BCUT2D eigenvalue weighted by molar-refractivity contribution is 14.0. The molecule has 17 heavy (non-hydrogen) atoms. The predicted molar refractivity (Wildman–Crippen MR) is 78.7 cm³/mol. The molecular weight excluding hydrogens is 333 g/mol. The van der Waals surface area contributed by atoms with E-state index < -0.39 is 0 Å². The summed E-state index contributed by atoms with van der Waals surface area (Å²) >= 11 is 0. The van der Waals surface area contributed by atoms with Crippen molar-refractivity contribution in [2.45, 2.75) is 32.7 Å². The van der Waals surface area contributed by atoms with Crippen molar-refractivity contribution in [3.8, 4) is 0 Å². The third kappa shape index (κ3) is 6.70. The Morgan fingerprint density at radius 2 is 2.18 bits per heavy atom. The van der Waals surface area contributed by atoms with Crippen LogP contribution in [0.25, 0.3) is 0 Å². The minimum Gasteiger partial charge on any atom is -0.469 e. The Hall–Kier alpha value is -0.530. The van der Waals surface area contributed by atoms with Gasteiger partial charge in [-0.1, -0.05) is 6.92 Å². The molecule has 1 fully saturated rings. The van der Waals surface area contributed by atoms with Crippen molar-refractivity contribution < 1.29 is 9.53 Å². The quantitative estimate of drug-likeness (QED) is 0.336. The Morgan fingerprint density at radius 3 is 2.65 bits per heavy atom. The molecule has 1 unspecified atom stereocenters. The summed E-state index contributed by atoms with van der Waals surface area (Å²) in [6.45, 7) is 5.11. The molecule has 0 amide bonds. The average molecular weight is 355 g/mol. The number of esters is 1. The van der Waals surface area contributed by atoms with E-state index in [-0.39, 0.29) is 35.9 Å². The molecule has 1 rings (SSSR count). The maximum absolute atomic E-state index is 11.2. The van der Waals surface area contributed by atoms with E-state index >= 15 is 0 Å². The van der Waals surface area contributed by atoms with Crippen molar-refractivity contribution >= 4 is 35.9 Å². The highest BCUT2D eigenvalue weighted by atomic mass is 127. The summed E-state index contributed by atoms with van der Waals surface area (Å²) in [5.41, 5.74) is 0. The molecule has 1 aliphatic carbocycles. The van der Waals surface area contributed by atoms with Crippen LogP contribution in [0.3, 0.4) is 0 Å². The van der Waals surface area contributed by atoms with Gasteiger partial charge in [-0.3, -0.25) is 9.79 Å². The van der Waals surface area contributed by atoms with Gasteiger partial charge in [0.2, 0.25) is 0 Å². The van der Waals surface area contributed by atoms with Crippen molar-refractivity contribution in [2.24, 2.45) is 10.9 Å². The molecule has 0 saturated heterocycles. The third-order valence-corrected chi connectivity index (χ3v) is 2.39. The summed E-state index contributed by atoms with van der Waals surface area (Å²) in [4.78, 5) is 15.5. The van der Waals surface area contributed by atoms with E-state index in [1.54, 1.807) is 0 Å². The molecule has 5 nitrogen and oxygen atoms in total. The summed E-state index contributed by atoms with van der Waals surface area (Å²) in [6.07, 6.45) is 2.41. The van der Waals surface area contributed by atoms with E-state index in [1.807, 2.05) is 13.8 Å². The second-order valence-electron chi connectivity index (χ2n) is 4.06. The van der Waals surface area contributed by atoms with E-state index in [1.165, 1.54) is 20.0 Å². The average Bonchev–Trinajstić information content (AvgIpc) is 3.08. The SMILES string of the molecule is CCNC(=NCC(C)C(=O)OC)NC1CC1.I. The Balaban J connectivity index is 0.00000256. The summed E-state index contributed by atoms with van der Waals surface area (Å²) in [7, 11) is 1.40. The summed E-state index contributed by atoms with van der Waals surface area (Å²) < 4.78 is 4.65. The van der Waals surface area contributed by atoms with Gasteiger partial charge in [0.15, 0.2) is 5.96 Å². The number of carbonyl (C=O) groups is 1. The highest BCUT2D eigenvalue weighted by Crippen LogP contribution is 2.18. The first-order valence-corrected chi connectivity index (χ1v) is 5.80. The fourth-order valence-corrected chi connectivity index (χ4v) is 1.24. The predicted octanol–water partition coefficient (Wildman–Crippen LogP) is 1.13. The maximum Gasteiger partial charge on any atom is 0.310 e. The number of aliphatic imine (C=N–C) groups is 1. The number of carbonyl (C=O) groups excluding carboxylic acids is 1. The van der Waals surface area contributed by atoms with Crippen LogP contribution in [0.1, 0.15) is 26.7 Å². The number of hydrogen-bond acceptors (Lipinski definition) is 3. The van der Waals surface area contributed by atoms with Crippen LogP contribution in [0.4, 0.5) is 0 Å². The summed E-state index contributed by atoms with van der Waals surface area (Å²) in [5.74, 6) is 0.381. The number of methoxy groups -OCH3 is 1. The van der Waals surface area contributed by atoms with Crippen LogP contribution in [0.5, 0.6) is 0 Å². The second kappa shape index (κ2) is 8.54. The molecule has 2 N–H and O–H groups in total. The molecule has 0 radical (unpaired) electrons. The fraction of sp³-hybridized carbons (Fsp3) is 0.818. The third-order valence-electron chi connectivity index (χ3n) is 2.39. The van der Waals surface area contributed by atoms with Gasteiger partial charge in [0, 0.05) is 12.6 Å². The number of nitrogens with one attached hydrogen (secondary N) is 2. The largest absolute Gasteiger partial charge is 0.469 e. The topological polar surface area (TPSA) is 62.7 Å². The van der Waals surface area contributed by atoms with E-state index in [4.69, 9.17) is 0 Å². The van der Waals surface area contributed by atoms with Crippen molar-refractivity contribution in [2.75, 3.05) is 20.2 Å². The number of guanidine groups is 1. The van der Waals surface area contributed by atoms with Gasteiger partial charge in [-0.2, -0.15) is 0 Å². The van der Waals surface area contributed by atoms with Crippen molar-refractivity contribution in [3.05, 3.63) is 0 Å². The van der Waals surface area contributed by atoms with Crippen LogP contribution in [0, 0.1) is 5.92 Å². The van der Waals surface area contributed by atoms with Crippen molar-refractivity contribution in [1.82, 2.24) is 10.6 Å². The molecule has 0 spiro atoms. The first-order valence-electron chi connectivity index (χ1n) is 5.80. The van der Waals surface area contributed by atoms with Crippen LogP contribution < -0.4 is 10.6 Å². The number of rotatable bonds is 5. The zero-order valence-electron chi connectivity index (χ0n) is 10.7. The molecule has 6 heteroatoms. The molecular formula is C11H22IN3O2. The molecule has 1 aliphatic rings. The van der Waals surface area contributed by atoms with Crippen molar-refractivity contribution in [3.63, 3.8) is 0 Å². The first kappa shape index (κ1) is 16.5. The number of halogens is 1. The van der Waals surface area contributed by atoms with Gasteiger partial charge in [0.25, 0.3) is 0 Å². The van der Waals surface area contributed by atoms with E-state index in [0.29, 0.717) is 12.6 Å².